The number of rotatable bonds is 3. The Bertz CT molecular complexity index is 127. The standard InChI is InChI=1S/C9H21N3/c1-3-5-12-6-4-9(11-10)7-8(12)2/h8-9,11H,3-7,10H2,1-2H3. The second kappa shape index (κ2) is 4.80. The molecule has 1 heterocycles. The first-order valence-corrected chi connectivity index (χ1v) is 4.98. The fraction of sp³-hybridized carbons (Fsp3) is 1.00. The third kappa shape index (κ3) is 2.44. The Labute approximate surface area is 75.3 Å². The first kappa shape index (κ1) is 9.96. The maximum absolute atomic E-state index is 5.42. The summed E-state index contributed by atoms with van der Waals surface area (Å²) in [4.78, 5) is 2.55. The van der Waals surface area contributed by atoms with Crippen molar-refractivity contribution < 1.29 is 0 Å². The first-order valence-electron chi connectivity index (χ1n) is 4.98. The molecule has 0 amide bonds. The van der Waals surface area contributed by atoms with E-state index in [4.69, 9.17) is 5.84 Å². The van der Waals surface area contributed by atoms with E-state index in [1.165, 1.54) is 32.4 Å². The average molecular weight is 171 g/mol. The summed E-state index contributed by atoms with van der Waals surface area (Å²) in [6.07, 6.45) is 3.64. The molecule has 0 saturated carbocycles. The smallest absolute Gasteiger partial charge is 0.0237 e. The van der Waals surface area contributed by atoms with Gasteiger partial charge in [0.15, 0.2) is 0 Å². The molecule has 1 aliphatic heterocycles. The van der Waals surface area contributed by atoms with E-state index >= 15 is 0 Å². The summed E-state index contributed by atoms with van der Waals surface area (Å²) < 4.78 is 0. The fourth-order valence-corrected chi connectivity index (χ4v) is 1.99. The van der Waals surface area contributed by atoms with Crippen LogP contribution in [-0.2, 0) is 0 Å². The van der Waals surface area contributed by atoms with Gasteiger partial charge in [0.1, 0.15) is 0 Å². The minimum atomic E-state index is 0.535. The summed E-state index contributed by atoms with van der Waals surface area (Å²) in [6.45, 7) is 6.96. The lowest BCUT2D eigenvalue weighted by Crippen LogP contribution is -2.49. The zero-order chi connectivity index (χ0) is 8.97. The molecule has 12 heavy (non-hydrogen) atoms. The molecule has 3 nitrogen and oxygen atoms in total. The van der Waals surface area contributed by atoms with Crippen molar-refractivity contribution >= 4 is 0 Å². The monoisotopic (exact) mass is 171 g/mol. The quantitative estimate of drug-likeness (QED) is 0.485. The molecule has 1 fully saturated rings. The molecule has 3 heteroatoms. The van der Waals surface area contributed by atoms with Crippen LogP contribution < -0.4 is 11.3 Å². The van der Waals surface area contributed by atoms with Crippen molar-refractivity contribution in [3.8, 4) is 0 Å². The van der Waals surface area contributed by atoms with E-state index in [2.05, 4.69) is 24.2 Å². The second-order valence-corrected chi connectivity index (χ2v) is 3.77. The normalized spacial score (nSPS) is 32.2. The van der Waals surface area contributed by atoms with Gasteiger partial charge in [-0.25, -0.2) is 0 Å². The van der Waals surface area contributed by atoms with Crippen molar-refractivity contribution in [2.24, 2.45) is 5.84 Å². The molecule has 0 aliphatic carbocycles. The minimum Gasteiger partial charge on any atom is -0.301 e. The number of hydrazine groups is 1. The van der Waals surface area contributed by atoms with Crippen molar-refractivity contribution in [3.63, 3.8) is 0 Å². The SMILES string of the molecule is CCCN1CCC(NN)CC1C. The molecule has 0 aromatic carbocycles. The molecule has 1 saturated heterocycles. The van der Waals surface area contributed by atoms with E-state index < -0.39 is 0 Å². The first-order chi connectivity index (χ1) is 5.77. The maximum atomic E-state index is 5.42. The summed E-state index contributed by atoms with van der Waals surface area (Å²) in [6, 6.07) is 1.23. The Balaban J connectivity index is 2.31. The van der Waals surface area contributed by atoms with Gasteiger partial charge >= 0.3 is 0 Å². The van der Waals surface area contributed by atoms with Crippen molar-refractivity contribution in [1.29, 1.82) is 0 Å². The molecule has 0 spiro atoms. The van der Waals surface area contributed by atoms with Crippen LogP contribution in [0.15, 0.2) is 0 Å². The highest BCUT2D eigenvalue weighted by Gasteiger charge is 2.23. The van der Waals surface area contributed by atoms with E-state index in [1.54, 1.807) is 0 Å². The topological polar surface area (TPSA) is 41.3 Å². The molecule has 0 aromatic heterocycles. The van der Waals surface area contributed by atoms with Crippen LogP contribution in [0, 0.1) is 0 Å². The van der Waals surface area contributed by atoms with E-state index in [9.17, 15) is 0 Å². The fourth-order valence-electron chi connectivity index (χ4n) is 1.99. The van der Waals surface area contributed by atoms with Crippen molar-refractivity contribution in [3.05, 3.63) is 0 Å². The highest BCUT2D eigenvalue weighted by Crippen LogP contribution is 2.16. The average Bonchev–Trinajstić information content (AvgIpc) is 2.09. The number of hydrogen-bond donors (Lipinski definition) is 2. The van der Waals surface area contributed by atoms with Crippen molar-refractivity contribution in [2.45, 2.75) is 45.2 Å². The van der Waals surface area contributed by atoms with Crippen LogP contribution in [0.25, 0.3) is 0 Å². The van der Waals surface area contributed by atoms with Crippen LogP contribution in [0.2, 0.25) is 0 Å². The lowest BCUT2D eigenvalue weighted by Gasteiger charge is -2.37. The molecule has 1 rings (SSSR count). The van der Waals surface area contributed by atoms with E-state index in [0.717, 1.165) is 0 Å². The zero-order valence-corrected chi connectivity index (χ0v) is 8.21. The van der Waals surface area contributed by atoms with E-state index in [0.29, 0.717) is 12.1 Å². The van der Waals surface area contributed by atoms with Gasteiger partial charge in [0.05, 0.1) is 0 Å². The predicted molar refractivity (Wildman–Crippen MR) is 51.7 cm³/mol. The Morgan fingerprint density at radius 1 is 1.58 bits per heavy atom. The predicted octanol–water partition coefficient (Wildman–Crippen LogP) is 0.713. The Morgan fingerprint density at radius 3 is 2.83 bits per heavy atom. The van der Waals surface area contributed by atoms with Gasteiger partial charge in [0.25, 0.3) is 0 Å². The van der Waals surface area contributed by atoms with E-state index in [-0.39, 0.29) is 0 Å². The highest BCUT2D eigenvalue weighted by atomic mass is 15.3. The number of likely N-dealkylation sites (tertiary alicyclic amines) is 1. The van der Waals surface area contributed by atoms with Crippen LogP contribution in [0.1, 0.15) is 33.1 Å². The van der Waals surface area contributed by atoms with Crippen LogP contribution in [0.3, 0.4) is 0 Å². The van der Waals surface area contributed by atoms with Crippen molar-refractivity contribution in [2.75, 3.05) is 13.1 Å². The Kier molecular flexibility index (Phi) is 3.98. The summed E-state index contributed by atoms with van der Waals surface area (Å²) in [5, 5.41) is 0. The lowest BCUT2D eigenvalue weighted by atomic mass is 9.99. The zero-order valence-electron chi connectivity index (χ0n) is 8.21. The van der Waals surface area contributed by atoms with Gasteiger partial charge in [-0.1, -0.05) is 6.92 Å². The van der Waals surface area contributed by atoms with Gasteiger partial charge in [-0.2, -0.15) is 0 Å². The molecular weight excluding hydrogens is 150 g/mol. The summed E-state index contributed by atoms with van der Waals surface area (Å²) in [5.41, 5.74) is 2.87. The Hall–Kier alpha value is -0.120. The summed E-state index contributed by atoms with van der Waals surface area (Å²) >= 11 is 0. The molecule has 3 N–H and O–H groups in total. The minimum absolute atomic E-state index is 0.535. The number of hydrogen-bond acceptors (Lipinski definition) is 3. The molecule has 72 valence electrons. The molecule has 0 bridgehead atoms. The molecule has 2 unspecified atom stereocenters. The number of piperidine rings is 1. The second-order valence-electron chi connectivity index (χ2n) is 3.77. The summed E-state index contributed by atoms with van der Waals surface area (Å²) in [7, 11) is 0. The number of nitrogens with zero attached hydrogens (tertiary/aromatic N) is 1. The van der Waals surface area contributed by atoms with Gasteiger partial charge in [-0.3, -0.25) is 11.3 Å². The number of nitrogens with two attached hydrogens (primary N) is 1. The third-order valence-electron chi connectivity index (χ3n) is 2.76. The molecule has 1 aliphatic rings. The largest absolute Gasteiger partial charge is 0.301 e. The van der Waals surface area contributed by atoms with Gasteiger partial charge in [0, 0.05) is 12.1 Å². The van der Waals surface area contributed by atoms with E-state index in [1.807, 2.05) is 0 Å². The lowest BCUT2D eigenvalue weighted by molar-refractivity contribution is 0.136. The third-order valence-corrected chi connectivity index (χ3v) is 2.76. The van der Waals surface area contributed by atoms with Gasteiger partial charge < -0.3 is 4.90 Å². The summed E-state index contributed by atoms with van der Waals surface area (Å²) in [5.74, 6) is 5.42. The van der Waals surface area contributed by atoms with Gasteiger partial charge in [0.2, 0.25) is 0 Å². The van der Waals surface area contributed by atoms with Gasteiger partial charge in [-0.15, -0.1) is 0 Å². The Morgan fingerprint density at radius 2 is 2.33 bits per heavy atom. The molecular formula is C9H21N3. The van der Waals surface area contributed by atoms with Crippen LogP contribution >= 0.6 is 0 Å². The highest BCUT2D eigenvalue weighted by molar-refractivity contribution is 4.81. The van der Waals surface area contributed by atoms with Crippen LogP contribution in [0.4, 0.5) is 0 Å². The van der Waals surface area contributed by atoms with Crippen molar-refractivity contribution in [1.82, 2.24) is 10.3 Å². The maximum Gasteiger partial charge on any atom is 0.0237 e. The van der Waals surface area contributed by atoms with Gasteiger partial charge in [-0.05, 0) is 39.3 Å². The number of nitrogens with one attached hydrogen (secondary N) is 1. The van der Waals surface area contributed by atoms with Crippen LogP contribution in [0.5, 0.6) is 0 Å². The molecule has 2 atom stereocenters. The molecule has 0 aromatic rings. The van der Waals surface area contributed by atoms with Crippen LogP contribution in [-0.4, -0.2) is 30.1 Å². The molecule has 0 radical (unpaired) electrons.